The zero-order valence-corrected chi connectivity index (χ0v) is 21.4. The Kier molecular flexibility index (Phi) is 10.1. The number of likely N-dealkylation sites (N-methyl/N-ethyl adjacent to an activating group) is 1. The molecule has 1 fully saturated rings. The van der Waals surface area contributed by atoms with Gasteiger partial charge in [0.1, 0.15) is 5.82 Å². The van der Waals surface area contributed by atoms with Crippen LogP contribution in [0.3, 0.4) is 0 Å². The Morgan fingerprint density at radius 1 is 1.21 bits per heavy atom. The van der Waals surface area contributed by atoms with Crippen LogP contribution in [-0.4, -0.2) is 51.9 Å². The van der Waals surface area contributed by atoms with Gasteiger partial charge in [0.2, 0.25) is 5.95 Å². The van der Waals surface area contributed by atoms with Crippen LogP contribution < -0.4 is 10.6 Å². The van der Waals surface area contributed by atoms with Crippen LogP contribution in [0.4, 0.5) is 10.3 Å². The molecule has 2 N–H and O–H groups in total. The minimum Gasteiger partial charge on any atom is -0.348 e. The van der Waals surface area contributed by atoms with Gasteiger partial charge in [-0.25, -0.2) is 14.4 Å². The van der Waals surface area contributed by atoms with Gasteiger partial charge in [-0.2, -0.15) is 0 Å². The third kappa shape index (κ3) is 6.45. The first-order valence-electron chi connectivity index (χ1n) is 11.6. The lowest BCUT2D eigenvalue weighted by Gasteiger charge is -2.18. The predicted octanol–water partition coefficient (Wildman–Crippen LogP) is 5.19. The standard InChI is InChI=1S/C20H23FN6OS.2C2H6/c1-11-6-16-18(29-11)17(19(28)27-5-4-15(10-27)22-3)26-20(25-16)24-12(2)13-7-14(21)9-23-8-13;2*1-2/h6-9,12,15,22H,4-5,10H2,1-3H3,(H,24,25,26);2*1-2H3/t12?,15-;;/m1../s1. The number of rotatable bonds is 5. The molecular weight excluding hydrogens is 439 g/mol. The minimum atomic E-state index is -0.398. The zero-order chi connectivity index (χ0) is 24.5. The van der Waals surface area contributed by atoms with E-state index >= 15 is 0 Å². The highest BCUT2D eigenvalue weighted by Gasteiger charge is 2.29. The van der Waals surface area contributed by atoms with Gasteiger partial charge in [-0.15, -0.1) is 11.3 Å². The first-order chi connectivity index (χ1) is 15.9. The van der Waals surface area contributed by atoms with Gasteiger partial charge in [0.25, 0.3) is 5.91 Å². The lowest BCUT2D eigenvalue weighted by molar-refractivity contribution is 0.0786. The highest BCUT2D eigenvalue weighted by atomic mass is 32.1. The maximum absolute atomic E-state index is 13.5. The molecule has 0 aromatic carbocycles. The molecular formula is C24H35FN6OS. The number of fused-ring (bicyclic) bond motifs is 1. The molecule has 3 aromatic rings. The Balaban J connectivity index is 0.000000914. The van der Waals surface area contributed by atoms with Crippen LogP contribution in [0, 0.1) is 12.7 Å². The van der Waals surface area contributed by atoms with Crippen LogP contribution in [0.25, 0.3) is 10.2 Å². The van der Waals surface area contributed by atoms with Gasteiger partial charge in [-0.1, -0.05) is 27.7 Å². The van der Waals surface area contributed by atoms with E-state index in [2.05, 4.69) is 25.6 Å². The van der Waals surface area contributed by atoms with Crippen LogP contribution in [0.2, 0.25) is 0 Å². The molecule has 1 unspecified atom stereocenters. The van der Waals surface area contributed by atoms with Gasteiger partial charge in [-0.05, 0) is 45.0 Å². The van der Waals surface area contributed by atoms with E-state index in [-0.39, 0.29) is 11.9 Å². The third-order valence-corrected chi connectivity index (χ3v) is 6.20. The van der Waals surface area contributed by atoms with Gasteiger partial charge in [0.05, 0.1) is 22.5 Å². The van der Waals surface area contributed by atoms with Crippen molar-refractivity contribution in [3.63, 3.8) is 0 Å². The average Bonchev–Trinajstić information content (AvgIpc) is 3.46. The number of hydrogen-bond acceptors (Lipinski definition) is 7. The Labute approximate surface area is 199 Å². The second-order valence-electron chi connectivity index (χ2n) is 7.30. The highest BCUT2D eigenvalue weighted by molar-refractivity contribution is 7.19. The van der Waals surface area contributed by atoms with Crippen molar-refractivity contribution in [2.24, 2.45) is 0 Å². The van der Waals surface area contributed by atoms with Gasteiger partial charge in [-0.3, -0.25) is 9.78 Å². The molecule has 0 aliphatic carbocycles. The molecule has 9 heteroatoms. The zero-order valence-electron chi connectivity index (χ0n) is 20.6. The number of likely N-dealkylation sites (tertiary alicyclic amines) is 1. The normalized spacial score (nSPS) is 15.9. The summed E-state index contributed by atoms with van der Waals surface area (Å²) in [6.45, 7) is 13.2. The Morgan fingerprint density at radius 3 is 2.58 bits per heavy atom. The van der Waals surface area contributed by atoms with E-state index in [0.717, 1.165) is 27.7 Å². The van der Waals surface area contributed by atoms with Crippen molar-refractivity contribution < 1.29 is 9.18 Å². The molecule has 7 nitrogen and oxygen atoms in total. The van der Waals surface area contributed by atoms with Crippen molar-refractivity contribution in [1.29, 1.82) is 0 Å². The second-order valence-corrected chi connectivity index (χ2v) is 8.55. The van der Waals surface area contributed by atoms with E-state index in [4.69, 9.17) is 0 Å². The molecule has 0 saturated carbocycles. The van der Waals surface area contributed by atoms with E-state index in [1.54, 1.807) is 6.20 Å². The molecule has 33 heavy (non-hydrogen) atoms. The van der Waals surface area contributed by atoms with E-state index < -0.39 is 5.82 Å². The fraction of sp³-hybridized carbons (Fsp3) is 0.500. The number of pyridine rings is 1. The van der Waals surface area contributed by atoms with Gasteiger partial charge in [0, 0.05) is 30.2 Å². The summed E-state index contributed by atoms with van der Waals surface area (Å²) < 4.78 is 14.3. The lowest BCUT2D eigenvalue weighted by atomic mass is 10.1. The Hall–Kier alpha value is -2.65. The number of carbonyl (C=O) groups is 1. The third-order valence-electron chi connectivity index (χ3n) is 5.15. The van der Waals surface area contributed by atoms with E-state index in [0.29, 0.717) is 36.3 Å². The molecule has 0 radical (unpaired) electrons. The van der Waals surface area contributed by atoms with Crippen molar-refractivity contribution in [3.8, 4) is 0 Å². The number of aromatic nitrogens is 3. The van der Waals surface area contributed by atoms with Crippen molar-refractivity contribution in [2.75, 3.05) is 25.5 Å². The molecule has 180 valence electrons. The van der Waals surface area contributed by atoms with E-state index in [1.165, 1.54) is 17.4 Å². The van der Waals surface area contributed by atoms with E-state index in [9.17, 15) is 9.18 Å². The SMILES string of the molecule is CC.CC.CN[C@@H]1CCN(C(=O)c2nc(NC(C)c3cncc(F)c3)nc3cc(C)sc23)C1. The summed E-state index contributed by atoms with van der Waals surface area (Å²) in [7, 11) is 1.91. The van der Waals surface area contributed by atoms with Gasteiger partial charge >= 0.3 is 0 Å². The summed E-state index contributed by atoms with van der Waals surface area (Å²) in [5.74, 6) is -0.134. The summed E-state index contributed by atoms with van der Waals surface area (Å²) >= 11 is 1.52. The molecule has 1 aliphatic rings. The number of anilines is 1. The van der Waals surface area contributed by atoms with Crippen molar-refractivity contribution >= 4 is 33.4 Å². The first kappa shape index (κ1) is 26.6. The number of nitrogens with one attached hydrogen (secondary N) is 2. The maximum atomic E-state index is 13.5. The van der Waals surface area contributed by atoms with Crippen LogP contribution in [0.5, 0.6) is 0 Å². The Bertz CT molecular complexity index is 1060. The molecule has 1 aliphatic heterocycles. The number of thiophene rings is 1. The number of aryl methyl sites for hydroxylation is 1. The molecule has 0 spiro atoms. The summed E-state index contributed by atoms with van der Waals surface area (Å²) in [6, 6.07) is 3.42. The van der Waals surface area contributed by atoms with Crippen molar-refractivity contribution in [3.05, 3.63) is 46.5 Å². The van der Waals surface area contributed by atoms with Crippen molar-refractivity contribution in [1.82, 2.24) is 25.2 Å². The van der Waals surface area contributed by atoms with Gasteiger partial charge < -0.3 is 15.5 Å². The predicted molar refractivity (Wildman–Crippen MR) is 134 cm³/mol. The largest absolute Gasteiger partial charge is 0.348 e. The number of hydrogen-bond donors (Lipinski definition) is 2. The molecule has 0 bridgehead atoms. The Morgan fingerprint density at radius 2 is 1.94 bits per heavy atom. The number of amides is 1. The summed E-state index contributed by atoms with van der Waals surface area (Å²) in [6.07, 6.45) is 3.69. The quantitative estimate of drug-likeness (QED) is 0.529. The molecule has 4 heterocycles. The molecule has 1 saturated heterocycles. The second kappa shape index (κ2) is 12.6. The van der Waals surface area contributed by atoms with Crippen LogP contribution in [0.15, 0.2) is 24.5 Å². The lowest BCUT2D eigenvalue weighted by Crippen LogP contribution is -2.34. The molecule has 1 amide bonds. The summed E-state index contributed by atoms with van der Waals surface area (Å²) in [5, 5.41) is 6.41. The van der Waals surface area contributed by atoms with Crippen molar-refractivity contribution in [2.45, 2.75) is 60.0 Å². The monoisotopic (exact) mass is 474 g/mol. The highest BCUT2D eigenvalue weighted by Crippen LogP contribution is 2.29. The molecule has 4 rings (SSSR count). The topological polar surface area (TPSA) is 83.0 Å². The maximum Gasteiger partial charge on any atom is 0.274 e. The first-order valence-corrected chi connectivity index (χ1v) is 12.4. The number of nitrogens with zero attached hydrogens (tertiary/aromatic N) is 4. The van der Waals surface area contributed by atoms with Crippen LogP contribution >= 0.6 is 11.3 Å². The smallest absolute Gasteiger partial charge is 0.274 e. The van der Waals surface area contributed by atoms with Crippen LogP contribution in [0.1, 0.15) is 68.0 Å². The van der Waals surface area contributed by atoms with Crippen LogP contribution in [-0.2, 0) is 0 Å². The van der Waals surface area contributed by atoms with Gasteiger partial charge in [0.15, 0.2) is 5.69 Å². The minimum absolute atomic E-state index is 0.0832. The summed E-state index contributed by atoms with van der Waals surface area (Å²) in [4.78, 5) is 29.1. The fourth-order valence-electron chi connectivity index (χ4n) is 3.53. The summed E-state index contributed by atoms with van der Waals surface area (Å²) in [5.41, 5.74) is 1.83. The van der Waals surface area contributed by atoms with E-state index in [1.807, 2.05) is 59.6 Å². The number of halogens is 1. The molecule has 3 aromatic heterocycles. The molecule has 2 atom stereocenters. The average molecular weight is 475 g/mol. The fourth-order valence-corrected chi connectivity index (χ4v) is 4.46. The number of carbonyl (C=O) groups excluding carboxylic acids is 1.